The Hall–Kier alpha value is -1.74. The van der Waals surface area contributed by atoms with Gasteiger partial charge in [0.1, 0.15) is 25.3 Å². The second-order valence-corrected chi connectivity index (χ2v) is 28.5. The molecule has 10 nitrogen and oxygen atoms in total. The predicted octanol–water partition coefficient (Wildman–Crippen LogP) is 23.3. The van der Waals surface area contributed by atoms with Crippen LogP contribution in [0.2, 0.25) is 0 Å². The molecule has 0 amide bonds. The van der Waals surface area contributed by atoms with Crippen LogP contribution in [0.15, 0.2) is 17.1 Å². The Morgan fingerprint density at radius 1 is 0.412 bits per heavy atom. The topological polar surface area (TPSA) is 124 Å². The van der Waals surface area contributed by atoms with Crippen molar-refractivity contribution in [1.82, 2.24) is 0 Å². The van der Waals surface area contributed by atoms with Crippen molar-refractivity contribution in [3.05, 3.63) is 12.2 Å². The first kappa shape index (κ1) is 83.3. The van der Waals surface area contributed by atoms with Gasteiger partial charge in [-0.1, -0.05) is 348 Å². The molecule has 0 aromatic carbocycles. The van der Waals surface area contributed by atoms with Crippen molar-refractivity contribution in [2.75, 3.05) is 40.9 Å². The van der Waals surface area contributed by atoms with E-state index < -0.39 is 25.9 Å². The number of phosphoric ester groups is 1. The number of rotatable bonds is 69. The van der Waals surface area contributed by atoms with Crippen LogP contribution in [0.5, 0.6) is 0 Å². The Bertz CT molecular complexity index is 1530. The fourth-order valence-electron chi connectivity index (χ4n) is 11.3. The molecule has 0 saturated heterocycles. The molecule has 11 heteroatoms. The summed E-state index contributed by atoms with van der Waals surface area (Å²) in [5.41, 5.74) is 0. The number of quaternary nitrogens is 1. The monoisotopic (exact) mass is 1220 g/mol. The number of unbranched alkanes of at least 4 members (excludes halogenated alkanes) is 50. The Morgan fingerprint density at radius 3 is 1.04 bits per heavy atom. The Kier molecular flexibility index (Phi) is 62.5. The molecule has 3 atom stereocenters. The van der Waals surface area contributed by atoms with Gasteiger partial charge in [0, 0.05) is 12.8 Å². The van der Waals surface area contributed by atoms with Gasteiger partial charge in [-0.3, -0.25) is 23.6 Å². The first-order chi connectivity index (χ1) is 41.4. The number of likely N-dealkylation sites (N-methyl/N-ethyl adjacent to an activating group) is 1. The maximum absolute atomic E-state index is 14.6. The van der Waals surface area contributed by atoms with Crippen LogP contribution in [0.4, 0.5) is 0 Å². The molecule has 0 aliphatic rings. The van der Waals surface area contributed by atoms with Crippen molar-refractivity contribution in [2.45, 2.75) is 406 Å². The number of esters is 1. The number of hydrogen-bond acceptors (Lipinski definition) is 9. The van der Waals surface area contributed by atoms with Gasteiger partial charge in [-0.15, -0.1) is 0 Å². The minimum Gasteiger partial charge on any atom is -0.862 e. The zero-order valence-corrected chi connectivity index (χ0v) is 58.7. The molecule has 0 aromatic heterocycles. The average molecular weight is 1220 g/mol. The van der Waals surface area contributed by atoms with Crippen molar-refractivity contribution in [3.8, 4) is 0 Å². The van der Waals surface area contributed by atoms with Crippen LogP contribution in [0.25, 0.3) is 0 Å². The number of phosphoric acid groups is 1. The summed E-state index contributed by atoms with van der Waals surface area (Å²) in [4.78, 5) is 31.9. The van der Waals surface area contributed by atoms with Gasteiger partial charge in [-0.05, 0) is 50.5 Å². The minimum absolute atomic E-state index is 0.0309. The number of aliphatic imine (C=N–C) groups is 1. The number of ether oxygens (including phenoxy) is 1. The van der Waals surface area contributed by atoms with Crippen molar-refractivity contribution in [3.63, 3.8) is 0 Å². The lowest BCUT2D eigenvalue weighted by molar-refractivity contribution is -0.870. The molecule has 0 radical (unpaired) electrons. The van der Waals surface area contributed by atoms with Gasteiger partial charge >= 0.3 is 19.8 Å². The zero-order valence-electron chi connectivity index (χ0n) is 57.8. The molecule has 85 heavy (non-hydrogen) atoms. The summed E-state index contributed by atoms with van der Waals surface area (Å²) in [5.74, 6) is -1.27. The van der Waals surface area contributed by atoms with Gasteiger partial charge in [0.05, 0.1) is 27.7 Å². The van der Waals surface area contributed by atoms with Crippen LogP contribution in [0, 0.1) is 0 Å². The summed E-state index contributed by atoms with van der Waals surface area (Å²) in [6, 6.07) is -1.01. The van der Waals surface area contributed by atoms with E-state index in [0.29, 0.717) is 17.4 Å². The molecule has 0 rings (SSSR count). The van der Waals surface area contributed by atoms with Crippen molar-refractivity contribution < 1.29 is 42.1 Å². The van der Waals surface area contributed by atoms with Crippen LogP contribution in [0.1, 0.15) is 394 Å². The van der Waals surface area contributed by atoms with E-state index in [-0.39, 0.29) is 44.3 Å². The Balaban J connectivity index is 6.06. The second-order valence-electron chi connectivity index (χ2n) is 26.9. The first-order valence-electron chi connectivity index (χ1n) is 37.4. The van der Waals surface area contributed by atoms with Gasteiger partial charge in [0.2, 0.25) is 0 Å². The van der Waals surface area contributed by atoms with E-state index >= 15 is 0 Å². The summed E-state index contributed by atoms with van der Waals surface area (Å²) in [5, 5.41) is 13.9. The molecule has 0 aliphatic heterocycles. The highest BCUT2D eigenvalue weighted by molar-refractivity contribution is 7.49. The third-order valence-electron chi connectivity index (χ3n) is 17.1. The summed E-state index contributed by atoms with van der Waals surface area (Å²) < 4.78 is 39.1. The molecule has 0 aliphatic carbocycles. The minimum atomic E-state index is -4.47. The highest BCUT2D eigenvalue weighted by Crippen LogP contribution is 2.50. The second kappa shape index (κ2) is 63.8. The Labute approximate surface area is 529 Å². The van der Waals surface area contributed by atoms with Crippen molar-refractivity contribution >= 4 is 25.7 Å². The van der Waals surface area contributed by atoms with Crippen LogP contribution in [-0.4, -0.2) is 75.4 Å². The van der Waals surface area contributed by atoms with Gasteiger partial charge in [-0.25, -0.2) is 4.57 Å². The van der Waals surface area contributed by atoms with Crippen LogP contribution >= 0.6 is 7.82 Å². The fourth-order valence-corrected chi connectivity index (χ4v) is 12.5. The number of hydrogen-bond donors (Lipinski definition) is 0. The molecule has 0 fully saturated rings. The van der Waals surface area contributed by atoms with Crippen molar-refractivity contribution in [2.24, 2.45) is 4.99 Å². The normalized spacial score (nSPS) is 13.7. The van der Waals surface area contributed by atoms with Gasteiger partial charge in [0.25, 0.3) is 0 Å². The van der Waals surface area contributed by atoms with Crippen LogP contribution in [0.3, 0.4) is 0 Å². The number of carbonyl (C=O) groups excluding carboxylic acids is 2. The molecule has 0 N–H and O–H groups in total. The molecule has 0 aromatic rings. The van der Waals surface area contributed by atoms with E-state index in [9.17, 15) is 19.3 Å². The van der Waals surface area contributed by atoms with Crippen molar-refractivity contribution in [1.29, 1.82) is 0 Å². The number of allylic oxidation sites excluding steroid dienone is 1. The largest absolute Gasteiger partial charge is 0.862 e. The molecular weight excluding hydrogens is 1080 g/mol. The summed E-state index contributed by atoms with van der Waals surface area (Å²) in [6.07, 6.45) is 69.5. The highest BCUT2D eigenvalue weighted by Gasteiger charge is 2.35. The van der Waals surface area contributed by atoms with Gasteiger partial charge in [-0.2, -0.15) is 0 Å². The van der Waals surface area contributed by atoms with E-state index in [1.807, 2.05) is 33.3 Å². The highest BCUT2D eigenvalue weighted by atomic mass is 31.2. The van der Waals surface area contributed by atoms with Crippen LogP contribution < -0.4 is 5.11 Å². The summed E-state index contributed by atoms with van der Waals surface area (Å²) in [7, 11) is 1.55. The third-order valence-corrected chi connectivity index (χ3v) is 18.5. The summed E-state index contributed by atoms with van der Waals surface area (Å²) in [6.45, 7) is 9.22. The van der Waals surface area contributed by atoms with E-state index in [1.54, 1.807) is 0 Å². The average Bonchev–Trinajstić information content (AvgIpc) is 3.63. The lowest BCUT2D eigenvalue weighted by Gasteiger charge is -2.27. The molecule has 0 spiro atoms. The summed E-state index contributed by atoms with van der Waals surface area (Å²) >= 11 is 0. The smallest absolute Gasteiger partial charge is 0.532 e. The van der Waals surface area contributed by atoms with Gasteiger partial charge < -0.3 is 18.9 Å². The third kappa shape index (κ3) is 62.3. The Morgan fingerprint density at radius 2 is 0.706 bits per heavy atom. The zero-order chi connectivity index (χ0) is 62.3. The molecule has 0 saturated carbocycles. The quantitative estimate of drug-likeness (QED) is 0.0112. The molecule has 0 bridgehead atoms. The predicted molar refractivity (Wildman–Crippen MR) is 365 cm³/mol. The number of nitrogens with zero attached hydrogens (tertiary/aromatic N) is 2. The van der Waals surface area contributed by atoms with Crippen LogP contribution in [-0.2, 0) is 32.5 Å². The van der Waals surface area contributed by atoms with E-state index in [1.165, 1.54) is 263 Å². The van der Waals surface area contributed by atoms with E-state index in [2.05, 4.69) is 27.7 Å². The fraction of sp³-hybridized carbons (Fsp3) is 0.932. The molecule has 0 heterocycles. The SMILES string of the molecule is CCCCCCCCCCCCC/C=C/C(OC(=O)CCCCCCCCCCCCCCC)C(COP(=O)(OCC[N+](C)(C)C)OC(=O)CCCCCCCCCCCCCCC)N=C([O-])CCCCCCCCCCCCCCCCCC. The van der Waals surface area contributed by atoms with E-state index in [0.717, 1.165) is 77.0 Å². The molecule has 3 unspecified atom stereocenters. The molecule has 504 valence electrons. The lowest BCUT2D eigenvalue weighted by Crippen LogP contribution is -2.37. The first-order valence-corrected chi connectivity index (χ1v) is 38.9. The lowest BCUT2D eigenvalue weighted by atomic mass is 10.0. The maximum Gasteiger partial charge on any atom is 0.532 e. The van der Waals surface area contributed by atoms with Gasteiger partial charge in [0.15, 0.2) is 0 Å². The van der Waals surface area contributed by atoms with E-state index in [4.69, 9.17) is 23.3 Å². The number of carbonyl (C=O) groups is 2. The molecular formula is C74H145N2O8P. The standard InChI is InChI=1S/C74H145N2O8P/c1-8-12-16-20-24-28-32-36-37-38-42-44-48-52-56-60-64-72(77)75-70(69-82-85(80,81-68-67-76(5,6)7)84-74(79)66-62-58-54-50-46-41-35-31-27-23-19-15-11-4)71(63-59-55-51-47-43-39-33-29-25-21-17-13-9-2)83-73(78)65-61-57-53-49-45-40-34-30-26-22-18-14-10-3/h59,63,70-71H,8-58,60-62,64-69H2,1-7H3/b63-59+. The maximum atomic E-state index is 14.6.